The number of nitrogens with two attached hydrogens (primary N) is 1. The Labute approximate surface area is 110 Å². The molecule has 1 atom stereocenters. The van der Waals surface area contributed by atoms with Gasteiger partial charge in [-0.2, -0.15) is 0 Å². The van der Waals surface area contributed by atoms with Crippen molar-refractivity contribution in [1.82, 2.24) is 10.2 Å². The summed E-state index contributed by atoms with van der Waals surface area (Å²) in [6.07, 6.45) is 1.13. The highest BCUT2D eigenvalue weighted by Crippen LogP contribution is 2.06. The molecule has 3 N–H and O–H groups in total. The highest BCUT2D eigenvalue weighted by atomic mass is 35.5. The van der Waals surface area contributed by atoms with Crippen LogP contribution in [0.3, 0.4) is 0 Å². The van der Waals surface area contributed by atoms with Crippen LogP contribution in [-0.4, -0.2) is 42.6 Å². The number of rotatable bonds is 5. The van der Waals surface area contributed by atoms with Crippen molar-refractivity contribution in [3.8, 4) is 0 Å². The van der Waals surface area contributed by atoms with Gasteiger partial charge in [0.2, 0.25) is 5.91 Å². The molecule has 1 unspecified atom stereocenters. The summed E-state index contributed by atoms with van der Waals surface area (Å²) in [5.74, 6) is -0.456. The SMILES string of the molecule is CS(=O)(=O)CCC(N)C(=O)Nc1ccc(Cl)nn1. The van der Waals surface area contributed by atoms with E-state index in [0.717, 1.165) is 6.26 Å². The Morgan fingerprint density at radius 2 is 2.17 bits per heavy atom. The third kappa shape index (κ3) is 5.39. The van der Waals surface area contributed by atoms with E-state index in [9.17, 15) is 13.2 Å². The number of sulfone groups is 1. The lowest BCUT2D eigenvalue weighted by Gasteiger charge is -2.10. The zero-order valence-electron chi connectivity index (χ0n) is 9.63. The van der Waals surface area contributed by atoms with Crippen molar-refractivity contribution >= 4 is 33.2 Å². The number of halogens is 1. The van der Waals surface area contributed by atoms with E-state index in [1.807, 2.05) is 0 Å². The molecule has 1 aromatic heterocycles. The topological polar surface area (TPSA) is 115 Å². The highest BCUT2D eigenvalue weighted by Gasteiger charge is 2.16. The summed E-state index contributed by atoms with van der Waals surface area (Å²) in [5, 5.41) is 9.78. The summed E-state index contributed by atoms with van der Waals surface area (Å²) in [5.41, 5.74) is 5.55. The molecular formula is C9H13ClN4O3S. The number of hydrogen-bond acceptors (Lipinski definition) is 6. The maximum atomic E-state index is 11.6. The molecule has 1 aromatic rings. The van der Waals surface area contributed by atoms with Gasteiger partial charge in [-0.05, 0) is 18.6 Å². The van der Waals surface area contributed by atoms with Gasteiger partial charge in [0.15, 0.2) is 11.0 Å². The lowest BCUT2D eigenvalue weighted by molar-refractivity contribution is -0.117. The standard InChI is InChI=1S/C9H13ClN4O3S/c1-18(16,17)5-4-6(11)9(15)12-8-3-2-7(10)13-14-8/h2-3,6H,4-5,11H2,1H3,(H,12,14,15). The van der Waals surface area contributed by atoms with Crippen LogP contribution in [0, 0.1) is 0 Å². The number of nitrogens with one attached hydrogen (secondary N) is 1. The first-order chi connectivity index (χ1) is 8.28. The maximum Gasteiger partial charge on any atom is 0.242 e. The Hall–Kier alpha value is -1.25. The predicted molar refractivity (Wildman–Crippen MR) is 68.0 cm³/mol. The van der Waals surface area contributed by atoms with E-state index in [2.05, 4.69) is 15.5 Å². The van der Waals surface area contributed by atoms with Gasteiger partial charge in [0.1, 0.15) is 9.84 Å². The minimum absolute atomic E-state index is 0.0473. The second-order valence-electron chi connectivity index (χ2n) is 3.76. The van der Waals surface area contributed by atoms with Crippen LogP contribution < -0.4 is 11.1 Å². The number of hydrogen-bond donors (Lipinski definition) is 2. The summed E-state index contributed by atoms with van der Waals surface area (Å²) in [6.45, 7) is 0. The minimum Gasteiger partial charge on any atom is -0.320 e. The van der Waals surface area contributed by atoms with Gasteiger partial charge in [-0.1, -0.05) is 11.6 Å². The quantitative estimate of drug-likeness (QED) is 0.778. The molecule has 7 nitrogen and oxygen atoms in total. The number of aromatic nitrogens is 2. The molecule has 0 aliphatic carbocycles. The molecule has 0 aliphatic heterocycles. The van der Waals surface area contributed by atoms with Crippen LogP contribution in [0.2, 0.25) is 5.15 Å². The first-order valence-electron chi connectivity index (χ1n) is 5.01. The van der Waals surface area contributed by atoms with Gasteiger partial charge in [0, 0.05) is 6.26 Å². The largest absolute Gasteiger partial charge is 0.320 e. The minimum atomic E-state index is -3.14. The molecule has 1 heterocycles. The van der Waals surface area contributed by atoms with E-state index in [0.29, 0.717) is 0 Å². The molecule has 0 saturated heterocycles. The summed E-state index contributed by atoms with van der Waals surface area (Å²) in [7, 11) is -3.14. The highest BCUT2D eigenvalue weighted by molar-refractivity contribution is 7.90. The van der Waals surface area contributed by atoms with E-state index < -0.39 is 21.8 Å². The van der Waals surface area contributed by atoms with Crippen LogP contribution in [0.15, 0.2) is 12.1 Å². The molecular weight excluding hydrogens is 280 g/mol. The average molecular weight is 293 g/mol. The third-order valence-electron chi connectivity index (χ3n) is 2.02. The number of carbonyl (C=O) groups is 1. The van der Waals surface area contributed by atoms with Crippen molar-refractivity contribution in [2.75, 3.05) is 17.3 Å². The Morgan fingerprint density at radius 1 is 1.50 bits per heavy atom. The van der Waals surface area contributed by atoms with Crippen molar-refractivity contribution in [2.24, 2.45) is 5.73 Å². The summed E-state index contributed by atoms with van der Waals surface area (Å²) < 4.78 is 21.9. The number of carbonyl (C=O) groups excluding carboxylic acids is 1. The number of anilines is 1. The normalized spacial score (nSPS) is 13.1. The van der Waals surface area contributed by atoms with E-state index in [4.69, 9.17) is 17.3 Å². The second-order valence-corrected chi connectivity index (χ2v) is 6.40. The van der Waals surface area contributed by atoms with Gasteiger partial charge >= 0.3 is 0 Å². The fraction of sp³-hybridized carbons (Fsp3) is 0.444. The molecule has 0 bridgehead atoms. The monoisotopic (exact) mass is 292 g/mol. The van der Waals surface area contributed by atoms with Gasteiger partial charge < -0.3 is 11.1 Å². The smallest absolute Gasteiger partial charge is 0.242 e. The summed E-state index contributed by atoms with van der Waals surface area (Å²) in [6, 6.07) is 2.01. The predicted octanol–water partition coefficient (Wildman–Crippen LogP) is -0.169. The average Bonchev–Trinajstić information content (AvgIpc) is 2.28. The Bertz CT molecular complexity index is 517. The van der Waals surface area contributed by atoms with E-state index in [1.54, 1.807) is 0 Å². The van der Waals surface area contributed by atoms with Crippen LogP contribution in [0.4, 0.5) is 5.82 Å². The van der Waals surface area contributed by atoms with E-state index in [1.165, 1.54) is 12.1 Å². The Morgan fingerprint density at radius 3 is 2.67 bits per heavy atom. The molecule has 0 fully saturated rings. The molecule has 0 spiro atoms. The zero-order valence-corrected chi connectivity index (χ0v) is 11.2. The lowest BCUT2D eigenvalue weighted by Crippen LogP contribution is -2.37. The van der Waals surface area contributed by atoms with Gasteiger partial charge in [0.25, 0.3) is 0 Å². The van der Waals surface area contributed by atoms with E-state index >= 15 is 0 Å². The van der Waals surface area contributed by atoms with Gasteiger partial charge in [-0.3, -0.25) is 4.79 Å². The number of amides is 1. The van der Waals surface area contributed by atoms with Gasteiger partial charge in [-0.25, -0.2) is 8.42 Å². The molecule has 0 saturated carbocycles. The first kappa shape index (κ1) is 14.8. The zero-order chi connectivity index (χ0) is 13.8. The van der Waals surface area contributed by atoms with Crippen LogP contribution in [0.1, 0.15) is 6.42 Å². The summed E-state index contributed by atoms with van der Waals surface area (Å²) in [4.78, 5) is 11.6. The molecule has 18 heavy (non-hydrogen) atoms. The van der Waals surface area contributed by atoms with Crippen LogP contribution in [-0.2, 0) is 14.6 Å². The van der Waals surface area contributed by atoms with E-state index in [-0.39, 0.29) is 23.1 Å². The molecule has 9 heteroatoms. The van der Waals surface area contributed by atoms with Gasteiger partial charge in [-0.15, -0.1) is 10.2 Å². The Balaban J connectivity index is 2.52. The summed E-state index contributed by atoms with van der Waals surface area (Å²) >= 11 is 5.53. The van der Waals surface area contributed by atoms with Crippen molar-refractivity contribution in [1.29, 1.82) is 0 Å². The first-order valence-corrected chi connectivity index (χ1v) is 7.45. The molecule has 1 amide bonds. The fourth-order valence-electron chi connectivity index (χ4n) is 1.07. The number of nitrogens with zero attached hydrogens (tertiary/aromatic N) is 2. The van der Waals surface area contributed by atoms with Gasteiger partial charge in [0.05, 0.1) is 11.8 Å². The van der Waals surface area contributed by atoms with Crippen molar-refractivity contribution < 1.29 is 13.2 Å². The second kappa shape index (κ2) is 6.07. The van der Waals surface area contributed by atoms with Crippen molar-refractivity contribution in [2.45, 2.75) is 12.5 Å². The van der Waals surface area contributed by atoms with Crippen molar-refractivity contribution in [3.63, 3.8) is 0 Å². The molecule has 0 radical (unpaired) electrons. The third-order valence-corrected chi connectivity index (χ3v) is 3.20. The van der Waals surface area contributed by atoms with Crippen LogP contribution >= 0.6 is 11.6 Å². The molecule has 1 rings (SSSR count). The molecule has 100 valence electrons. The van der Waals surface area contributed by atoms with Crippen molar-refractivity contribution in [3.05, 3.63) is 17.3 Å². The maximum absolute atomic E-state index is 11.6. The van der Waals surface area contributed by atoms with Crippen LogP contribution in [0.5, 0.6) is 0 Å². The fourth-order valence-corrected chi connectivity index (χ4v) is 1.86. The van der Waals surface area contributed by atoms with Crippen LogP contribution in [0.25, 0.3) is 0 Å². The molecule has 0 aromatic carbocycles. The Kier molecular flexibility index (Phi) is 5.00. The lowest BCUT2D eigenvalue weighted by atomic mass is 10.2. The molecule has 0 aliphatic rings.